The van der Waals surface area contributed by atoms with Crippen molar-refractivity contribution in [3.63, 3.8) is 0 Å². The van der Waals surface area contributed by atoms with Crippen molar-refractivity contribution in [3.05, 3.63) is 95.6 Å². The lowest BCUT2D eigenvalue weighted by Gasteiger charge is -2.15. The molecular formula is C23H20N2O3. The van der Waals surface area contributed by atoms with Crippen LogP contribution < -0.4 is 10.2 Å². The summed E-state index contributed by atoms with van der Waals surface area (Å²) in [5.74, 6) is -0.213. The first-order valence-corrected chi connectivity index (χ1v) is 9.18. The van der Waals surface area contributed by atoms with E-state index in [0.717, 1.165) is 17.7 Å². The molecular weight excluding hydrogens is 352 g/mol. The second kappa shape index (κ2) is 7.96. The summed E-state index contributed by atoms with van der Waals surface area (Å²) < 4.78 is 4.97. The molecule has 3 aromatic rings. The molecule has 0 spiro atoms. The molecule has 140 valence electrons. The van der Waals surface area contributed by atoms with Crippen LogP contribution in [0.1, 0.15) is 21.5 Å². The fraction of sp³-hybridized carbons (Fsp3) is 0.130. The number of amides is 2. The third kappa shape index (κ3) is 3.88. The largest absolute Gasteiger partial charge is 0.447 e. The van der Waals surface area contributed by atoms with Crippen LogP contribution in [-0.2, 0) is 11.2 Å². The minimum atomic E-state index is -0.384. The zero-order valence-corrected chi connectivity index (χ0v) is 15.3. The van der Waals surface area contributed by atoms with Crippen molar-refractivity contribution >= 4 is 23.4 Å². The molecule has 1 fully saturated rings. The number of carbonyl (C=O) groups excluding carboxylic acids is 2. The maximum atomic E-state index is 12.8. The summed E-state index contributed by atoms with van der Waals surface area (Å²) in [6.07, 6.45) is 0.350. The van der Waals surface area contributed by atoms with Gasteiger partial charge in [0, 0.05) is 16.9 Å². The molecule has 0 aromatic heterocycles. The molecule has 5 nitrogen and oxygen atoms in total. The topological polar surface area (TPSA) is 58.6 Å². The predicted molar refractivity (Wildman–Crippen MR) is 109 cm³/mol. The van der Waals surface area contributed by atoms with Gasteiger partial charge < -0.3 is 10.1 Å². The lowest BCUT2D eigenvalue weighted by molar-refractivity contribution is 0.102. The van der Waals surface area contributed by atoms with E-state index in [-0.39, 0.29) is 12.0 Å². The molecule has 1 heterocycles. The minimum Gasteiger partial charge on any atom is -0.447 e. The highest BCUT2D eigenvalue weighted by Gasteiger charge is 2.24. The Hall–Kier alpha value is -3.60. The Bertz CT molecular complexity index is 1000. The van der Waals surface area contributed by atoms with E-state index in [1.54, 1.807) is 24.3 Å². The number of anilines is 2. The van der Waals surface area contributed by atoms with Crippen LogP contribution in [0.5, 0.6) is 0 Å². The van der Waals surface area contributed by atoms with Crippen molar-refractivity contribution in [1.29, 1.82) is 0 Å². The van der Waals surface area contributed by atoms with Gasteiger partial charge in [-0.2, -0.15) is 0 Å². The highest BCUT2D eigenvalue weighted by molar-refractivity contribution is 6.05. The Morgan fingerprint density at radius 2 is 1.75 bits per heavy atom. The van der Waals surface area contributed by atoms with Gasteiger partial charge in [0.25, 0.3) is 5.91 Å². The molecule has 1 aliphatic heterocycles. The Morgan fingerprint density at radius 1 is 0.964 bits per heavy atom. The molecule has 1 N–H and O–H groups in total. The smallest absolute Gasteiger partial charge is 0.414 e. The van der Waals surface area contributed by atoms with E-state index in [1.165, 1.54) is 10.5 Å². The van der Waals surface area contributed by atoms with E-state index >= 15 is 0 Å². The molecule has 2 amide bonds. The monoisotopic (exact) mass is 372 g/mol. The van der Waals surface area contributed by atoms with Gasteiger partial charge in [-0.1, -0.05) is 54.6 Å². The summed E-state index contributed by atoms with van der Waals surface area (Å²) in [6, 6.07) is 24.9. The van der Waals surface area contributed by atoms with Crippen LogP contribution in [0.25, 0.3) is 0 Å². The predicted octanol–water partition coefficient (Wildman–Crippen LogP) is 4.49. The molecule has 0 unspecified atom stereocenters. The van der Waals surface area contributed by atoms with Crippen molar-refractivity contribution < 1.29 is 14.3 Å². The normalized spacial score (nSPS) is 13.3. The van der Waals surface area contributed by atoms with E-state index in [9.17, 15) is 9.59 Å². The van der Waals surface area contributed by atoms with Crippen molar-refractivity contribution in [2.45, 2.75) is 6.42 Å². The fourth-order valence-electron chi connectivity index (χ4n) is 3.25. The highest BCUT2D eigenvalue weighted by Crippen LogP contribution is 2.23. The maximum Gasteiger partial charge on any atom is 0.414 e. The molecule has 28 heavy (non-hydrogen) atoms. The number of hydrogen-bond acceptors (Lipinski definition) is 3. The van der Waals surface area contributed by atoms with Gasteiger partial charge in [-0.3, -0.25) is 9.69 Å². The van der Waals surface area contributed by atoms with Gasteiger partial charge in [-0.05, 0) is 41.8 Å². The summed E-state index contributed by atoms with van der Waals surface area (Å²) in [6.45, 7) is 0.853. The first-order chi connectivity index (χ1) is 13.7. The number of rotatable bonds is 5. The van der Waals surface area contributed by atoms with E-state index in [4.69, 9.17) is 4.74 Å². The second-order valence-electron chi connectivity index (χ2n) is 6.59. The summed E-state index contributed by atoms with van der Waals surface area (Å²) in [5.41, 5.74) is 4.15. The molecule has 1 aliphatic rings. The van der Waals surface area contributed by atoms with E-state index < -0.39 is 0 Å². The van der Waals surface area contributed by atoms with Gasteiger partial charge in [0.05, 0.1) is 6.54 Å². The average molecular weight is 372 g/mol. The minimum absolute atomic E-state index is 0.213. The molecule has 0 atom stereocenters. The van der Waals surface area contributed by atoms with E-state index in [1.807, 2.05) is 42.5 Å². The zero-order chi connectivity index (χ0) is 19.3. The van der Waals surface area contributed by atoms with E-state index in [0.29, 0.717) is 24.4 Å². The van der Waals surface area contributed by atoms with Gasteiger partial charge in [0.15, 0.2) is 0 Å². The van der Waals surface area contributed by atoms with Crippen LogP contribution in [0.15, 0.2) is 78.9 Å². The van der Waals surface area contributed by atoms with Crippen LogP contribution in [0.3, 0.4) is 0 Å². The molecule has 0 bridgehead atoms. The number of carbonyl (C=O) groups is 2. The number of ether oxygens (including phenoxy) is 1. The highest BCUT2D eigenvalue weighted by atomic mass is 16.6. The SMILES string of the molecule is O=C(Nc1ccccc1Cc1ccccc1)c1cccc(N2CCOC2=O)c1. The fourth-order valence-corrected chi connectivity index (χ4v) is 3.25. The molecule has 1 saturated heterocycles. The van der Waals surface area contributed by atoms with Crippen molar-refractivity contribution in [1.82, 2.24) is 0 Å². The van der Waals surface area contributed by atoms with Gasteiger partial charge >= 0.3 is 6.09 Å². The maximum absolute atomic E-state index is 12.8. The van der Waals surface area contributed by atoms with Crippen molar-refractivity contribution in [2.24, 2.45) is 0 Å². The Kier molecular flexibility index (Phi) is 5.06. The summed E-state index contributed by atoms with van der Waals surface area (Å²) in [5, 5.41) is 3.00. The average Bonchev–Trinajstić information content (AvgIpc) is 3.16. The standard InChI is InChI=1S/C23H20N2O3/c26-22(19-10-6-11-20(16-19)25-13-14-28-23(25)27)24-21-12-5-4-9-18(21)15-17-7-2-1-3-8-17/h1-12,16H,13-15H2,(H,24,26). The molecule has 5 heteroatoms. The Morgan fingerprint density at radius 3 is 2.54 bits per heavy atom. The number of nitrogens with one attached hydrogen (secondary N) is 1. The number of cyclic esters (lactones) is 1. The number of benzene rings is 3. The van der Waals surface area contributed by atoms with Crippen LogP contribution in [0.4, 0.5) is 16.2 Å². The number of hydrogen-bond donors (Lipinski definition) is 1. The van der Waals surface area contributed by atoms with Crippen molar-refractivity contribution in [3.8, 4) is 0 Å². The lowest BCUT2D eigenvalue weighted by atomic mass is 10.0. The van der Waals surface area contributed by atoms with Crippen molar-refractivity contribution in [2.75, 3.05) is 23.4 Å². The second-order valence-corrected chi connectivity index (χ2v) is 6.59. The third-order valence-electron chi connectivity index (χ3n) is 4.68. The molecule has 3 aromatic carbocycles. The van der Waals surface area contributed by atoms with Crippen LogP contribution in [0.2, 0.25) is 0 Å². The lowest BCUT2D eigenvalue weighted by Crippen LogP contribution is -2.23. The quantitative estimate of drug-likeness (QED) is 0.718. The molecule has 4 rings (SSSR count). The molecule has 0 radical (unpaired) electrons. The number of para-hydroxylation sites is 1. The zero-order valence-electron chi connectivity index (χ0n) is 15.3. The molecule has 0 aliphatic carbocycles. The van der Waals surface area contributed by atoms with E-state index in [2.05, 4.69) is 17.4 Å². The van der Waals surface area contributed by atoms with Gasteiger partial charge in [0.2, 0.25) is 0 Å². The summed E-state index contributed by atoms with van der Waals surface area (Å²) in [4.78, 5) is 26.1. The van der Waals surface area contributed by atoms with Crippen LogP contribution in [-0.4, -0.2) is 25.2 Å². The van der Waals surface area contributed by atoms with Crippen LogP contribution >= 0.6 is 0 Å². The van der Waals surface area contributed by atoms with Crippen LogP contribution in [0, 0.1) is 0 Å². The van der Waals surface area contributed by atoms with Gasteiger partial charge in [-0.25, -0.2) is 4.79 Å². The third-order valence-corrected chi connectivity index (χ3v) is 4.68. The number of nitrogens with zero attached hydrogens (tertiary/aromatic N) is 1. The van der Waals surface area contributed by atoms with Gasteiger partial charge in [0.1, 0.15) is 6.61 Å². The Balaban J connectivity index is 1.54. The van der Waals surface area contributed by atoms with Gasteiger partial charge in [-0.15, -0.1) is 0 Å². The summed E-state index contributed by atoms with van der Waals surface area (Å²) in [7, 11) is 0. The first kappa shape index (κ1) is 17.8. The summed E-state index contributed by atoms with van der Waals surface area (Å²) >= 11 is 0. The Labute approximate surface area is 163 Å². The molecule has 0 saturated carbocycles. The first-order valence-electron chi connectivity index (χ1n) is 9.18.